The summed E-state index contributed by atoms with van der Waals surface area (Å²) in [4.78, 5) is 0. The van der Waals surface area contributed by atoms with E-state index in [9.17, 15) is 0 Å². The number of hydrogen-bond donors (Lipinski definition) is 0. The molecule has 0 spiro atoms. The van der Waals surface area contributed by atoms with Crippen LogP contribution in [0.4, 0.5) is 0 Å². The topological polar surface area (TPSA) is 23.8 Å². The van der Waals surface area contributed by atoms with Crippen molar-refractivity contribution in [3.05, 3.63) is 0 Å². The van der Waals surface area contributed by atoms with Gasteiger partial charge in [-0.05, 0) is 25.7 Å². The van der Waals surface area contributed by atoms with E-state index in [0.717, 1.165) is 19.3 Å². The molecule has 1 aliphatic rings. The van der Waals surface area contributed by atoms with Gasteiger partial charge in [-0.2, -0.15) is 0 Å². The lowest BCUT2D eigenvalue weighted by atomic mass is 9.76. The minimum Gasteiger partial charge on any atom is -0.251 e. The van der Waals surface area contributed by atoms with E-state index in [2.05, 4.69) is 6.92 Å². The predicted octanol–water partition coefficient (Wildman–Crippen LogP) is 1.60. The SMILES string of the molecule is CCC1([NH])CCC1. The molecule has 0 saturated heterocycles. The normalized spacial score (nSPS) is 26.6. The van der Waals surface area contributed by atoms with Crippen LogP contribution in [0.5, 0.6) is 0 Å². The van der Waals surface area contributed by atoms with E-state index in [1.54, 1.807) is 0 Å². The van der Waals surface area contributed by atoms with Crippen LogP contribution >= 0.6 is 0 Å². The summed E-state index contributed by atoms with van der Waals surface area (Å²) in [7, 11) is 0. The Morgan fingerprint density at radius 1 is 1.57 bits per heavy atom. The summed E-state index contributed by atoms with van der Waals surface area (Å²) < 4.78 is 0. The number of rotatable bonds is 1. The summed E-state index contributed by atoms with van der Waals surface area (Å²) >= 11 is 0. The first kappa shape index (κ1) is 5.10. The van der Waals surface area contributed by atoms with Gasteiger partial charge in [0, 0.05) is 5.54 Å². The molecular weight excluding hydrogens is 86.1 g/mol. The highest BCUT2D eigenvalue weighted by Gasteiger charge is 2.30. The van der Waals surface area contributed by atoms with Gasteiger partial charge in [-0.25, -0.2) is 0 Å². The third-order valence-corrected chi connectivity index (χ3v) is 1.99. The monoisotopic (exact) mass is 98.1 g/mol. The van der Waals surface area contributed by atoms with Crippen molar-refractivity contribution in [3.63, 3.8) is 0 Å². The molecular formula is C6H12N. The molecule has 1 aliphatic carbocycles. The van der Waals surface area contributed by atoms with Crippen LogP contribution in [0.3, 0.4) is 0 Å². The van der Waals surface area contributed by atoms with Crippen molar-refractivity contribution in [3.8, 4) is 0 Å². The highest BCUT2D eigenvalue weighted by molar-refractivity contribution is 4.89. The molecule has 41 valence electrons. The first-order valence-corrected chi connectivity index (χ1v) is 3.02. The fraction of sp³-hybridized carbons (Fsp3) is 1.00. The maximum atomic E-state index is 7.51. The Kier molecular flexibility index (Phi) is 1.08. The average molecular weight is 98.2 g/mol. The molecule has 0 aliphatic heterocycles. The Labute approximate surface area is 44.9 Å². The standard InChI is InChI=1S/C6H12N/c1-2-6(7)4-3-5-6/h7H,2-5H2,1H3. The van der Waals surface area contributed by atoms with Gasteiger partial charge in [0.25, 0.3) is 0 Å². The van der Waals surface area contributed by atoms with E-state index in [0.29, 0.717) is 0 Å². The molecule has 1 heteroatoms. The summed E-state index contributed by atoms with van der Waals surface area (Å²) in [6, 6.07) is 0. The zero-order chi connectivity index (χ0) is 5.33. The van der Waals surface area contributed by atoms with E-state index in [-0.39, 0.29) is 5.54 Å². The summed E-state index contributed by atoms with van der Waals surface area (Å²) in [5.41, 5.74) is 7.52. The summed E-state index contributed by atoms with van der Waals surface area (Å²) in [5.74, 6) is 0. The van der Waals surface area contributed by atoms with Crippen LogP contribution in [0.1, 0.15) is 32.6 Å². The van der Waals surface area contributed by atoms with Crippen molar-refractivity contribution in [2.24, 2.45) is 0 Å². The van der Waals surface area contributed by atoms with Crippen LogP contribution in [0.25, 0.3) is 0 Å². The van der Waals surface area contributed by atoms with Crippen molar-refractivity contribution in [2.45, 2.75) is 38.1 Å². The van der Waals surface area contributed by atoms with Crippen molar-refractivity contribution < 1.29 is 0 Å². The van der Waals surface area contributed by atoms with Crippen LogP contribution in [0.15, 0.2) is 0 Å². The average Bonchev–Trinajstić information content (AvgIpc) is 1.61. The molecule has 0 aromatic heterocycles. The zero-order valence-corrected chi connectivity index (χ0v) is 4.83. The van der Waals surface area contributed by atoms with Gasteiger partial charge >= 0.3 is 0 Å². The molecule has 0 amide bonds. The first-order chi connectivity index (χ1) is 3.27. The van der Waals surface area contributed by atoms with Gasteiger partial charge in [-0.15, -0.1) is 0 Å². The van der Waals surface area contributed by atoms with Gasteiger partial charge in [0.1, 0.15) is 0 Å². The fourth-order valence-corrected chi connectivity index (χ4v) is 0.957. The summed E-state index contributed by atoms with van der Waals surface area (Å²) in [5, 5.41) is 0. The lowest BCUT2D eigenvalue weighted by molar-refractivity contribution is 0.230. The van der Waals surface area contributed by atoms with Gasteiger partial charge in [-0.1, -0.05) is 6.92 Å². The van der Waals surface area contributed by atoms with E-state index in [4.69, 9.17) is 5.73 Å². The van der Waals surface area contributed by atoms with Crippen molar-refractivity contribution >= 4 is 0 Å². The second kappa shape index (κ2) is 1.48. The molecule has 7 heavy (non-hydrogen) atoms. The van der Waals surface area contributed by atoms with Crippen molar-refractivity contribution in [1.82, 2.24) is 5.73 Å². The molecule has 0 unspecified atom stereocenters. The summed E-state index contributed by atoms with van der Waals surface area (Å²) in [6.45, 7) is 2.10. The third-order valence-electron chi connectivity index (χ3n) is 1.99. The van der Waals surface area contributed by atoms with E-state index in [1.807, 2.05) is 0 Å². The van der Waals surface area contributed by atoms with Crippen LogP contribution in [0.2, 0.25) is 0 Å². The highest BCUT2D eigenvalue weighted by atomic mass is 14.8. The lowest BCUT2D eigenvalue weighted by Crippen LogP contribution is -2.37. The highest BCUT2D eigenvalue weighted by Crippen LogP contribution is 2.32. The maximum Gasteiger partial charge on any atom is 0.0321 e. The lowest BCUT2D eigenvalue weighted by Gasteiger charge is -2.35. The molecule has 1 rings (SSSR count). The van der Waals surface area contributed by atoms with E-state index >= 15 is 0 Å². The fourth-order valence-electron chi connectivity index (χ4n) is 0.957. The maximum absolute atomic E-state index is 7.51. The molecule has 0 heterocycles. The minimum absolute atomic E-state index is 0.0139. The van der Waals surface area contributed by atoms with Gasteiger partial charge in [0.2, 0.25) is 0 Å². The van der Waals surface area contributed by atoms with E-state index in [1.165, 1.54) is 6.42 Å². The second-order valence-electron chi connectivity index (χ2n) is 2.49. The zero-order valence-electron chi connectivity index (χ0n) is 4.83. The molecule has 0 bridgehead atoms. The van der Waals surface area contributed by atoms with Crippen LogP contribution in [-0.4, -0.2) is 5.54 Å². The molecule has 0 atom stereocenters. The van der Waals surface area contributed by atoms with Gasteiger partial charge < -0.3 is 0 Å². The molecule has 0 aromatic rings. The Bertz CT molecular complexity index is 59.1. The van der Waals surface area contributed by atoms with Gasteiger partial charge in [0.15, 0.2) is 0 Å². The molecule has 0 aromatic carbocycles. The Balaban J connectivity index is 2.29. The molecule has 1 N–H and O–H groups in total. The van der Waals surface area contributed by atoms with Crippen LogP contribution in [-0.2, 0) is 0 Å². The molecule has 1 fully saturated rings. The van der Waals surface area contributed by atoms with Gasteiger partial charge in [-0.3, -0.25) is 5.73 Å². The molecule has 1 saturated carbocycles. The third kappa shape index (κ3) is 0.778. The van der Waals surface area contributed by atoms with Crippen LogP contribution < -0.4 is 5.73 Å². The largest absolute Gasteiger partial charge is 0.251 e. The van der Waals surface area contributed by atoms with Crippen molar-refractivity contribution in [1.29, 1.82) is 0 Å². The smallest absolute Gasteiger partial charge is 0.0321 e. The Morgan fingerprint density at radius 2 is 2.14 bits per heavy atom. The number of nitrogens with one attached hydrogen (secondary N) is 1. The van der Waals surface area contributed by atoms with Crippen LogP contribution in [0, 0.1) is 0 Å². The van der Waals surface area contributed by atoms with Gasteiger partial charge in [0.05, 0.1) is 0 Å². The molecule has 1 radical (unpaired) electrons. The van der Waals surface area contributed by atoms with Crippen molar-refractivity contribution in [2.75, 3.05) is 0 Å². The Hall–Kier alpha value is -0.0400. The number of hydrogen-bond acceptors (Lipinski definition) is 0. The Morgan fingerprint density at radius 3 is 2.14 bits per heavy atom. The summed E-state index contributed by atoms with van der Waals surface area (Å²) in [6.07, 6.45) is 4.62. The minimum atomic E-state index is 0.0139. The van der Waals surface area contributed by atoms with E-state index < -0.39 is 0 Å². The molecule has 1 nitrogen and oxygen atoms in total. The first-order valence-electron chi connectivity index (χ1n) is 3.02. The quantitative estimate of drug-likeness (QED) is 0.475. The predicted molar refractivity (Wildman–Crippen MR) is 30.0 cm³/mol. The second-order valence-corrected chi connectivity index (χ2v) is 2.49.